The second kappa shape index (κ2) is 5.45. The Balaban J connectivity index is 1.72. The van der Waals surface area contributed by atoms with Crippen molar-refractivity contribution in [1.82, 2.24) is 24.7 Å². The van der Waals surface area contributed by atoms with Crippen LogP contribution in [0, 0.1) is 11.8 Å². The summed E-state index contributed by atoms with van der Waals surface area (Å²) in [4.78, 5) is 22.6. The highest BCUT2D eigenvalue weighted by Crippen LogP contribution is 2.50. The number of aliphatic hydroxyl groups is 1. The number of aromatic nitrogens is 5. The predicted octanol–water partition coefficient (Wildman–Crippen LogP) is 0.368. The summed E-state index contributed by atoms with van der Waals surface area (Å²) in [5.74, 6) is 2.73. The van der Waals surface area contributed by atoms with Crippen LogP contribution in [-0.4, -0.2) is 36.4 Å². The van der Waals surface area contributed by atoms with Gasteiger partial charge in [-0.1, -0.05) is 0 Å². The molecule has 0 aromatic carbocycles. The molecule has 0 bridgehead atoms. The molecule has 8 heteroatoms. The molecule has 2 N–H and O–H groups in total. The fraction of sp³-hybridized carbons (Fsp3) is 0.600. The Labute approximate surface area is 133 Å². The summed E-state index contributed by atoms with van der Waals surface area (Å²) in [5.41, 5.74) is 0.360. The molecule has 1 aliphatic heterocycles. The average molecular weight is 316 g/mol. The first-order valence-corrected chi connectivity index (χ1v) is 7.98. The summed E-state index contributed by atoms with van der Waals surface area (Å²) in [6.07, 6.45) is 6.86. The van der Waals surface area contributed by atoms with Crippen molar-refractivity contribution in [3.8, 4) is 0 Å². The molecule has 23 heavy (non-hydrogen) atoms. The van der Waals surface area contributed by atoms with E-state index in [1.165, 1.54) is 12.8 Å². The van der Waals surface area contributed by atoms with Gasteiger partial charge >= 0.3 is 5.69 Å². The van der Waals surface area contributed by atoms with E-state index in [2.05, 4.69) is 25.1 Å². The van der Waals surface area contributed by atoms with Gasteiger partial charge in [0.25, 0.3) is 0 Å². The third kappa shape index (κ3) is 2.42. The molecule has 0 spiro atoms. The second-order valence-corrected chi connectivity index (χ2v) is 6.40. The van der Waals surface area contributed by atoms with Gasteiger partial charge in [0.05, 0.1) is 30.7 Å². The largest absolute Gasteiger partial charge is 0.390 e. The standard InChI is InChI=1S/C15H20N6O2/c1-20-14(18-19-15(20)23)13-11(9-2-3-9)4-5-21(13)12-7-16-10(8-22)6-17-12/h6-7,9,11,13,22H,2-5,8H2,1H3,(H,19,23). The maximum atomic E-state index is 11.8. The second-order valence-electron chi connectivity index (χ2n) is 6.40. The molecule has 1 saturated heterocycles. The van der Waals surface area contributed by atoms with E-state index < -0.39 is 0 Å². The van der Waals surface area contributed by atoms with Crippen molar-refractivity contribution in [2.75, 3.05) is 11.4 Å². The molecule has 122 valence electrons. The van der Waals surface area contributed by atoms with Gasteiger partial charge in [0.15, 0.2) is 5.82 Å². The van der Waals surface area contributed by atoms with E-state index in [4.69, 9.17) is 5.11 Å². The molecule has 2 unspecified atom stereocenters. The molecular formula is C15H20N6O2. The van der Waals surface area contributed by atoms with E-state index in [0.717, 1.165) is 24.6 Å². The number of hydrogen-bond donors (Lipinski definition) is 2. The minimum Gasteiger partial charge on any atom is -0.390 e. The molecule has 8 nitrogen and oxygen atoms in total. The van der Waals surface area contributed by atoms with Crippen LogP contribution in [-0.2, 0) is 13.7 Å². The van der Waals surface area contributed by atoms with Crippen molar-refractivity contribution >= 4 is 5.82 Å². The van der Waals surface area contributed by atoms with E-state index in [-0.39, 0.29) is 18.3 Å². The molecule has 0 radical (unpaired) electrons. The summed E-state index contributed by atoms with van der Waals surface area (Å²) in [7, 11) is 1.75. The zero-order valence-corrected chi connectivity index (χ0v) is 13.0. The molecule has 0 amide bonds. The first-order chi connectivity index (χ1) is 11.2. The minimum absolute atomic E-state index is 0.0423. The molecule has 2 fully saturated rings. The zero-order chi connectivity index (χ0) is 16.0. The van der Waals surface area contributed by atoms with Gasteiger partial charge in [0.2, 0.25) is 0 Å². The smallest absolute Gasteiger partial charge is 0.343 e. The minimum atomic E-state index is -0.192. The molecule has 2 aromatic rings. The van der Waals surface area contributed by atoms with Gasteiger partial charge in [-0.05, 0) is 31.1 Å². The van der Waals surface area contributed by atoms with E-state index in [1.807, 2.05) is 0 Å². The number of aromatic amines is 1. The van der Waals surface area contributed by atoms with Crippen LogP contribution in [0.15, 0.2) is 17.2 Å². The molecule has 2 aromatic heterocycles. The van der Waals surface area contributed by atoms with Crippen molar-refractivity contribution in [3.63, 3.8) is 0 Å². The number of aliphatic hydroxyl groups excluding tert-OH is 1. The van der Waals surface area contributed by atoms with Gasteiger partial charge in [-0.25, -0.2) is 14.9 Å². The zero-order valence-electron chi connectivity index (χ0n) is 13.0. The van der Waals surface area contributed by atoms with Crippen molar-refractivity contribution in [2.24, 2.45) is 18.9 Å². The van der Waals surface area contributed by atoms with Crippen LogP contribution in [0.2, 0.25) is 0 Å². The lowest BCUT2D eigenvalue weighted by molar-refractivity contribution is 0.276. The first kappa shape index (κ1) is 14.4. The molecular weight excluding hydrogens is 296 g/mol. The Hall–Kier alpha value is -2.22. The van der Waals surface area contributed by atoms with E-state index in [9.17, 15) is 4.79 Å². The van der Waals surface area contributed by atoms with Crippen LogP contribution in [0.1, 0.15) is 36.8 Å². The SMILES string of the molecule is Cn1c(C2C(C3CC3)CCN2c2cnc(CO)cn2)n[nH]c1=O. The quantitative estimate of drug-likeness (QED) is 0.845. The molecule has 4 rings (SSSR count). The van der Waals surface area contributed by atoms with E-state index >= 15 is 0 Å². The number of hydrogen-bond acceptors (Lipinski definition) is 6. The Morgan fingerprint density at radius 2 is 2.13 bits per heavy atom. The number of rotatable bonds is 4. The van der Waals surface area contributed by atoms with Crippen LogP contribution < -0.4 is 10.6 Å². The van der Waals surface area contributed by atoms with E-state index in [1.54, 1.807) is 24.0 Å². The number of anilines is 1. The van der Waals surface area contributed by atoms with Crippen molar-refractivity contribution in [3.05, 3.63) is 34.4 Å². The van der Waals surface area contributed by atoms with Gasteiger partial charge in [-0.2, -0.15) is 5.10 Å². The average Bonchev–Trinajstić information content (AvgIpc) is 3.26. The normalized spacial score (nSPS) is 24.3. The summed E-state index contributed by atoms with van der Waals surface area (Å²) < 4.78 is 1.59. The van der Waals surface area contributed by atoms with Crippen LogP contribution in [0.3, 0.4) is 0 Å². The highest BCUT2D eigenvalue weighted by atomic mass is 16.3. The molecule has 2 atom stereocenters. The van der Waals surface area contributed by atoms with Crippen LogP contribution >= 0.6 is 0 Å². The maximum absolute atomic E-state index is 11.8. The van der Waals surface area contributed by atoms with Crippen molar-refractivity contribution in [1.29, 1.82) is 0 Å². The summed E-state index contributed by atoms with van der Waals surface area (Å²) >= 11 is 0. The predicted molar refractivity (Wildman–Crippen MR) is 82.7 cm³/mol. The third-order valence-electron chi connectivity index (χ3n) is 5.00. The lowest BCUT2D eigenvalue weighted by Gasteiger charge is -2.28. The molecule has 2 aliphatic rings. The Morgan fingerprint density at radius 3 is 2.70 bits per heavy atom. The van der Waals surface area contributed by atoms with Crippen molar-refractivity contribution < 1.29 is 5.11 Å². The third-order valence-corrected chi connectivity index (χ3v) is 5.00. The molecule has 3 heterocycles. The van der Waals surface area contributed by atoms with Crippen LogP contribution in [0.4, 0.5) is 5.82 Å². The summed E-state index contributed by atoms with van der Waals surface area (Å²) in [6.45, 7) is 0.759. The Morgan fingerprint density at radius 1 is 1.30 bits per heavy atom. The van der Waals surface area contributed by atoms with Gasteiger partial charge < -0.3 is 10.0 Å². The van der Waals surface area contributed by atoms with E-state index in [0.29, 0.717) is 17.5 Å². The summed E-state index contributed by atoms with van der Waals surface area (Å²) in [5, 5.41) is 15.9. The monoisotopic (exact) mass is 316 g/mol. The lowest BCUT2D eigenvalue weighted by atomic mass is 9.94. The van der Waals surface area contributed by atoms with Crippen LogP contribution in [0.5, 0.6) is 0 Å². The van der Waals surface area contributed by atoms with Gasteiger partial charge in [-0.15, -0.1) is 0 Å². The fourth-order valence-electron chi connectivity index (χ4n) is 3.62. The number of nitrogens with one attached hydrogen (secondary N) is 1. The highest BCUT2D eigenvalue weighted by Gasteiger charge is 2.46. The Kier molecular flexibility index (Phi) is 3.41. The molecule has 1 aliphatic carbocycles. The first-order valence-electron chi connectivity index (χ1n) is 7.98. The topological polar surface area (TPSA) is 99.9 Å². The molecule has 1 saturated carbocycles. The van der Waals surface area contributed by atoms with Gasteiger partial charge in [0, 0.05) is 13.6 Å². The highest BCUT2D eigenvalue weighted by molar-refractivity contribution is 5.41. The lowest BCUT2D eigenvalue weighted by Crippen LogP contribution is -2.30. The van der Waals surface area contributed by atoms with Crippen LogP contribution in [0.25, 0.3) is 0 Å². The van der Waals surface area contributed by atoms with Crippen molar-refractivity contribution in [2.45, 2.75) is 31.9 Å². The fourth-order valence-corrected chi connectivity index (χ4v) is 3.62. The van der Waals surface area contributed by atoms with Gasteiger partial charge in [-0.3, -0.25) is 9.55 Å². The number of nitrogens with zero attached hydrogens (tertiary/aromatic N) is 5. The number of H-pyrrole nitrogens is 1. The maximum Gasteiger partial charge on any atom is 0.343 e. The van der Waals surface area contributed by atoms with Gasteiger partial charge in [0.1, 0.15) is 5.82 Å². The summed E-state index contributed by atoms with van der Waals surface area (Å²) in [6, 6.07) is 0.0423. The Bertz CT molecular complexity index is 748.